The van der Waals surface area contributed by atoms with E-state index in [0.29, 0.717) is 0 Å². The minimum atomic E-state index is -0.230. The van der Waals surface area contributed by atoms with Crippen LogP contribution < -0.4 is 4.74 Å². The molecule has 7 aromatic carbocycles. The zero-order valence-corrected chi connectivity index (χ0v) is 20.4. The van der Waals surface area contributed by atoms with Crippen LogP contribution in [0.15, 0.2) is 127 Å². The Morgan fingerprint density at radius 3 is 1.66 bits per heavy atom. The van der Waals surface area contributed by atoms with E-state index in [-0.39, 0.29) is 5.82 Å². The van der Waals surface area contributed by atoms with E-state index in [2.05, 4.69) is 91.0 Å². The minimum absolute atomic E-state index is 0.230. The molecular formula is C36H21FO. The average Bonchev–Trinajstić information content (AvgIpc) is 2.97. The number of hydrogen-bond donors (Lipinski definition) is 0. The van der Waals surface area contributed by atoms with Gasteiger partial charge in [-0.3, -0.25) is 0 Å². The maximum absolute atomic E-state index is 13.8. The number of fused-ring (bicyclic) bond motifs is 4. The second kappa shape index (κ2) is 8.03. The first-order valence-electron chi connectivity index (χ1n) is 12.8. The number of ether oxygens (including phenoxy) is 1. The molecule has 178 valence electrons. The van der Waals surface area contributed by atoms with Crippen molar-refractivity contribution in [3.05, 3.63) is 133 Å². The van der Waals surface area contributed by atoms with Gasteiger partial charge >= 0.3 is 0 Å². The molecule has 0 saturated heterocycles. The largest absolute Gasteiger partial charge is 0.456 e. The summed E-state index contributed by atoms with van der Waals surface area (Å²) in [6, 6.07) is 43.0. The number of para-hydroxylation sites is 1. The van der Waals surface area contributed by atoms with Gasteiger partial charge in [0.2, 0.25) is 0 Å². The fraction of sp³-hybridized carbons (Fsp3) is 0. The fourth-order valence-electron chi connectivity index (χ4n) is 6.14. The van der Waals surface area contributed by atoms with Crippen LogP contribution >= 0.6 is 0 Å². The molecule has 0 spiro atoms. The third-order valence-electron chi connectivity index (χ3n) is 7.73. The molecule has 2 heteroatoms. The molecule has 1 aliphatic heterocycles. The van der Waals surface area contributed by atoms with Crippen LogP contribution in [0.1, 0.15) is 0 Å². The number of halogens is 1. The summed E-state index contributed by atoms with van der Waals surface area (Å²) in [5, 5.41) is 6.94. The van der Waals surface area contributed by atoms with E-state index in [1.807, 2.05) is 24.3 Å². The van der Waals surface area contributed by atoms with Crippen molar-refractivity contribution in [1.82, 2.24) is 0 Å². The molecule has 7 aromatic rings. The van der Waals surface area contributed by atoms with E-state index in [4.69, 9.17) is 4.74 Å². The van der Waals surface area contributed by atoms with E-state index >= 15 is 0 Å². The second-order valence-corrected chi connectivity index (χ2v) is 9.79. The predicted molar refractivity (Wildman–Crippen MR) is 155 cm³/mol. The van der Waals surface area contributed by atoms with Crippen LogP contribution in [0.3, 0.4) is 0 Å². The van der Waals surface area contributed by atoms with E-state index in [0.717, 1.165) is 44.3 Å². The van der Waals surface area contributed by atoms with Gasteiger partial charge in [0.15, 0.2) is 0 Å². The standard InChI is InChI=1S/C36H21FO/c37-23-18-16-22(17-19-23)34-25-9-1-3-11-27(25)35(28-12-4-2-10-26(28)34)31-21-20-30-24-8-5-6-14-32(24)38-33-15-7-13-29(31)36(30)33/h1-21H. The summed E-state index contributed by atoms with van der Waals surface area (Å²) in [5.74, 6) is 1.54. The van der Waals surface area contributed by atoms with E-state index in [1.54, 1.807) is 0 Å². The molecule has 0 atom stereocenters. The van der Waals surface area contributed by atoms with E-state index < -0.39 is 0 Å². The lowest BCUT2D eigenvalue weighted by atomic mass is 9.83. The molecule has 0 aliphatic carbocycles. The average molecular weight is 489 g/mol. The lowest BCUT2D eigenvalue weighted by Gasteiger charge is -2.24. The third-order valence-corrected chi connectivity index (χ3v) is 7.73. The summed E-state index contributed by atoms with van der Waals surface area (Å²) < 4.78 is 20.2. The molecule has 0 bridgehead atoms. The Bertz CT molecular complexity index is 2000. The van der Waals surface area contributed by atoms with Crippen molar-refractivity contribution in [3.63, 3.8) is 0 Å². The molecule has 38 heavy (non-hydrogen) atoms. The summed E-state index contributed by atoms with van der Waals surface area (Å²) in [4.78, 5) is 0. The molecule has 0 amide bonds. The Labute approximate surface area is 219 Å². The molecule has 0 radical (unpaired) electrons. The molecule has 1 heterocycles. The zero-order valence-electron chi connectivity index (χ0n) is 20.4. The molecule has 0 aromatic heterocycles. The maximum atomic E-state index is 13.8. The van der Waals surface area contributed by atoms with Gasteiger partial charge < -0.3 is 4.74 Å². The van der Waals surface area contributed by atoms with Gasteiger partial charge in [0.25, 0.3) is 0 Å². The van der Waals surface area contributed by atoms with Gasteiger partial charge in [0.1, 0.15) is 17.3 Å². The molecule has 0 unspecified atom stereocenters. The van der Waals surface area contributed by atoms with Crippen molar-refractivity contribution in [2.24, 2.45) is 0 Å². The highest BCUT2D eigenvalue weighted by Gasteiger charge is 2.23. The van der Waals surface area contributed by atoms with Crippen LogP contribution in [0, 0.1) is 5.82 Å². The molecule has 1 aliphatic rings. The van der Waals surface area contributed by atoms with Gasteiger partial charge in [-0.1, -0.05) is 103 Å². The fourth-order valence-corrected chi connectivity index (χ4v) is 6.14. The number of rotatable bonds is 2. The Morgan fingerprint density at radius 2 is 0.947 bits per heavy atom. The molecule has 0 fully saturated rings. The predicted octanol–water partition coefficient (Wildman–Crippen LogP) is 10.4. The second-order valence-electron chi connectivity index (χ2n) is 9.79. The topological polar surface area (TPSA) is 9.23 Å². The highest BCUT2D eigenvalue weighted by atomic mass is 19.1. The normalized spacial score (nSPS) is 12.0. The van der Waals surface area contributed by atoms with Crippen molar-refractivity contribution in [1.29, 1.82) is 0 Å². The molecule has 1 nitrogen and oxygen atoms in total. The Balaban J connectivity index is 1.51. The van der Waals surface area contributed by atoms with Crippen molar-refractivity contribution >= 4 is 32.3 Å². The van der Waals surface area contributed by atoms with Gasteiger partial charge in [-0.15, -0.1) is 0 Å². The first kappa shape index (κ1) is 21.2. The summed E-state index contributed by atoms with van der Waals surface area (Å²) in [6.07, 6.45) is 0. The Morgan fingerprint density at radius 1 is 0.395 bits per heavy atom. The van der Waals surface area contributed by atoms with Crippen molar-refractivity contribution < 1.29 is 9.13 Å². The highest BCUT2D eigenvalue weighted by Crippen LogP contribution is 2.51. The van der Waals surface area contributed by atoms with E-state index in [9.17, 15) is 4.39 Å². The minimum Gasteiger partial charge on any atom is -0.456 e. The summed E-state index contributed by atoms with van der Waals surface area (Å²) in [6.45, 7) is 0. The smallest absolute Gasteiger partial charge is 0.135 e. The lowest BCUT2D eigenvalue weighted by Crippen LogP contribution is -1.98. The van der Waals surface area contributed by atoms with Gasteiger partial charge in [-0.2, -0.15) is 0 Å². The van der Waals surface area contributed by atoms with E-state index in [1.165, 1.54) is 45.0 Å². The lowest BCUT2D eigenvalue weighted by molar-refractivity contribution is 0.487. The van der Waals surface area contributed by atoms with Crippen LogP contribution in [-0.4, -0.2) is 0 Å². The van der Waals surface area contributed by atoms with Crippen molar-refractivity contribution in [2.45, 2.75) is 0 Å². The highest BCUT2D eigenvalue weighted by molar-refractivity contribution is 6.24. The van der Waals surface area contributed by atoms with Gasteiger partial charge in [-0.05, 0) is 79.0 Å². The first-order valence-corrected chi connectivity index (χ1v) is 12.8. The number of benzene rings is 7. The zero-order chi connectivity index (χ0) is 25.2. The monoisotopic (exact) mass is 488 g/mol. The van der Waals surface area contributed by atoms with Crippen molar-refractivity contribution in [2.75, 3.05) is 0 Å². The van der Waals surface area contributed by atoms with Crippen LogP contribution in [-0.2, 0) is 0 Å². The number of hydrogen-bond acceptors (Lipinski definition) is 1. The molecular weight excluding hydrogens is 467 g/mol. The quantitative estimate of drug-likeness (QED) is 0.220. The van der Waals surface area contributed by atoms with Crippen LogP contribution in [0.25, 0.3) is 65.7 Å². The molecule has 8 rings (SSSR count). The van der Waals surface area contributed by atoms with Crippen LogP contribution in [0.4, 0.5) is 4.39 Å². The summed E-state index contributed by atoms with van der Waals surface area (Å²) in [5.41, 5.74) is 6.81. The Hall–Kier alpha value is -4.95. The molecule has 0 N–H and O–H groups in total. The summed E-state index contributed by atoms with van der Waals surface area (Å²) in [7, 11) is 0. The van der Waals surface area contributed by atoms with Crippen LogP contribution in [0.2, 0.25) is 0 Å². The van der Waals surface area contributed by atoms with Crippen molar-refractivity contribution in [3.8, 4) is 44.9 Å². The Kier molecular flexibility index (Phi) is 4.47. The van der Waals surface area contributed by atoms with Gasteiger partial charge in [-0.25, -0.2) is 4.39 Å². The first-order chi connectivity index (χ1) is 18.8. The maximum Gasteiger partial charge on any atom is 0.135 e. The van der Waals surface area contributed by atoms with Gasteiger partial charge in [0.05, 0.1) is 0 Å². The summed E-state index contributed by atoms with van der Waals surface area (Å²) >= 11 is 0. The van der Waals surface area contributed by atoms with Gasteiger partial charge in [0, 0.05) is 10.9 Å². The third kappa shape index (κ3) is 2.98. The SMILES string of the molecule is Fc1ccc(-c2c3ccccc3c(-c3ccc4c5c(cccc35)Oc3ccccc3-4)c3ccccc23)cc1. The molecule has 0 saturated carbocycles. The van der Waals surface area contributed by atoms with Crippen LogP contribution in [0.5, 0.6) is 11.5 Å².